The molecule has 0 radical (unpaired) electrons. The Morgan fingerprint density at radius 1 is 1.43 bits per heavy atom. The van der Waals surface area contributed by atoms with Crippen LogP contribution in [0.1, 0.15) is 5.56 Å². The molecule has 0 heterocycles. The lowest BCUT2D eigenvalue weighted by molar-refractivity contribution is -0.384. The predicted octanol–water partition coefficient (Wildman–Crippen LogP) is 0.824. The van der Waals surface area contributed by atoms with E-state index < -0.39 is 22.9 Å². The van der Waals surface area contributed by atoms with E-state index in [2.05, 4.69) is 10.1 Å². The van der Waals surface area contributed by atoms with Crippen LogP contribution in [0.25, 0.3) is 6.08 Å². The number of nitrogens with one attached hydrogen (secondary N) is 1. The average Bonchev–Trinajstić information content (AvgIpc) is 2.45. The second kappa shape index (κ2) is 7.75. The minimum absolute atomic E-state index is 0.0407. The predicted molar refractivity (Wildman–Crippen MR) is 73.6 cm³/mol. The van der Waals surface area contributed by atoms with Crippen molar-refractivity contribution in [3.05, 3.63) is 46.0 Å². The quantitative estimate of drug-likeness (QED) is 0.436. The third-order valence-electron chi connectivity index (χ3n) is 2.55. The summed E-state index contributed by atoms with van der Waals surface area (Å²) in [6.07, 6.45) is 1.55. The van der Waals surface area contributed by atoms with Gasteiger partial charge in [-0.2, -0.15) is 0 Å². The summed E-state index contributed by atoms with van der Waals surface area (Å²) < 4.78 is 4.66. The number of benzene rings is 1. The number of aliphatic carboxylic acids is 1. The molecule has 0 aromatic heterocycles. The highest BCUT2D eigenvalue weighted by Crippen LogP contribution is 2.12. The first kappa shape index (κ1) is 16.3. The van der Waals surface area contributed by atoms with Gasteiger partial charge in [0.05, 0.1) is 11.5 Å². The number of amides is 1. The lowest BCUT2D eigenvalue weighted by Gasteiger charge is -2.09. The van der Waals surface area contributed by atoms with E-state index in [-0.39, 0.29) is 12.2 Å². The van der Waals surface area contributed by atoms with Gasteiger partial charge in [-0.3, -0.25) is 14.9 Å². The highest BCUT2D eigenvalue weighted by Gasteiger charge is 2.16. The number of rotatable bonds is 7. The van der Waals surface area contributed by atoms with Gasteiger partial charge in [-0.15, -0.1) is 0 Å². The lowest BCUT2D eigenvalue weighted by atomic mass is 10.2. The van der Waals surface area contributed by atoms with Crippen LogP contribution >= 0.6 is 0 Å². The van der Waals surface area contributed by atoms with E-state index in [4.69, 9.17) is 5.11 Å². The first-order chi connectivity index (χ1) is 9.93. The Morgan fingerprint density at radius 3 is 2.52 bits per heavy atom. The van der Waals surface area contributed by atoms with E-state index in [9.17, 15) is 19.7 Å². The molecule has 1 rings (SSSR count). The fraction of sp³-hybridized carbons (Fsp3) is 0.231. The summed E-state index contributed by atoms with van der Waals surface area (Å²) >= 11 is 0. The zero-order valence-electron chi connectivity index (χ0n) is 11.2. The summed E-state index contributed by atoms with van der Waals surface area (Å²) in [6.45, 7) is -0.157. The van der Waals surface area contributed by atoms with Crippen LogP contribution < -0.4 is 5.32 Å². The molecule has 112 valence electrons. The zero-order chi connectivity index (χ0) is 15.8. The Bertz CT molecular complexity index is 552. The number of carboxylic acids is 1. The van der Waals surface area contributed by atoms with Gasteiger partial charge in [0, 0.05) is 25.3 Å². The Labute approximate surface area is 120 Å². The van der Waals surface area contributed by atoms with Gasteiger partial charge in [-0.25, -0.2) is 4.79 Å². The summed E-state index contributed by atoms with van der Waals surface area (Å²) in [4.78, 5) is 32.1. The van der Waals surface area contributed by atoms with Crippen molar-refractivity contribution in [1.82, 2.24) is 5.32 Å². The van der Waals surface area contributed by atoms with Crippen LogP contribution in [0.15, 0.2) is 30.3 Å². The van der Waals surface area contributed by atoms with Crippen LogP contribution in [0.2, 0.25) is 0 Å². The second-order valence-electron chi connectivity index (χ2n) is 3.99. The van der Waals surface area contributed by atoms with Gasteiger partial charge in [0.25, 0.3) is 5.69 Å². The number of carboxylic acid groups (broad SMARTS) is 1. The van der Waals surface area contributed by atoms with E-state index in [1.54, 1.807) is 0 Å². The van der Waals surface area contributed by atoms with Crippen LogP contribution in [0.4, 0.5) is 5.69 Å². The summed E-state index contributed by atoms with van der Waals surface area (Å²) in [7, 11) is 1.23. The number of hydrogen-bond donors (Lipinski definition) is 2. The Hall–Kier alpha value is -2.74. The molecule has 0 aliphatic carbocycles. The van der Waals surface area contributed by atoms with Crippen molar-refractivity contribution >= 4 is 23.6 Å². The largest absolute Gasteiger partial charge is 0.479 e. The maximum absolute atomic E-state index is 11.5. The number of methoxy groups -OCH3 is 1. The molecule has 0 saturated carbocycles. The molecule has 0 aliphatic heterocycles. The molecule has 1 aromatic carbocycles. The fourth-order valence-corrected chi connectivity index (χ4v) is 1.40. The minimum Gasteiger partial charge on any atom is -0.479 e. The number of carbonyl (C=O) groups is 2. The first-order valence-corrected chi connectivity index (χ1v) is 5.90. The van der Waals surface area contributed by atoms with Crippen LogP contribution in [0.5, 0.6) is 0 Å². The number of hydrogen-bond acceptors (Lipinski definition) is 5. The lowest BCUT2D eigenvalue weighted by Crippen LogP contribution is -2.37. The van der Waals surface area contributed by atoms with Crippen molar-refractivity contribution in [2.24, 2.45) is 0 Å². The number of non-ortho nitro benzene ring substituents is 1. The molecule has 0 fully saturated rings. The molecule has 1 atom stereocenters. The van der Waals surface area contributed by atoms with E-state index >= 15 is 0 Å². The van der Waals surface area contributed by atoms with Gasteiger partial charge in [-0.1, -0.05) is 0 Å². The van der Waals surface area contributed by atoms with Crippen molar-refractivity contribution in [1.29, 1.82) is 0 Å². The zero-order valence-corrected chi connectivity index (χ0v) is 11.2. The van der Waals surface area contributed by atoms with Gasteiger partial charge in [-0.05, 0) is 23.8 Å². The molecule has 0 saturated heterocycles. The van der Waals surface area contributed by atoms with Crippen LogP contribution in [-0.4, -0.2) is 41.7 Å². The fourth-order valence-electron chi connectivity index (χ4n) is 1.40. The maximum atomic E-state index is 11.5. The Morgan fingerprint density at radius 2 is 2.05 bits per heavy atom. The third-order valence-corrected chi connectivity index (χ3v) is 2.55. The van der Waals surface area contributed by atoms with Crippen LogP contribution in [0, 0.1) is 10.1 Å². The van der Waals surface area contributed by atoms with Gasteiger partial charge in [0.15, 0.2) is 6.10 Å². The van der Waals surface area contributed by atoms with Gasteiger partial charge >= 0.3 is 5.97 Å². The molecule has 0 spiro atoms. The highest BCUT2D eigenvalue weighted by atomic mass is 16.6. The van der Waals surface area contributed by atoms with Crippen molar-refractivity contribution in [2.75, 3.05) is 13.7 Å². The number of nitrogens with zero attached hydrogens (tertiary/aromatic N) is 1. The van der Waals surface area contributed by atoms with E-state index in [1.165, 1.54) is 43.5 Å². The monoisotopic (exact) mass is 294 g/mol. The smallest absolute Gasteiger partial charge is 0.334 e. The highest BCUT2D eigenvalue weighted by molar-refractivity contribution is 5.92. The van der Waals surface area contributed by atoms with E-state index in [0.29, 0.717) is 5.56 Å². The number of nitro groups is 1. The topological polar surface area (TPSA) is 119 Å². The van der Waals surface area contributed by atoms with Crippen molar-refractivity contribution < 1.29 is 24.4 Å². The summed E-state index contributed by atoms with van der Waals surface area (Å²) in [5, 5.41) is 21.6. The molecular formula is C13H14N2O6. The standard InChI is InChI=1S/C13H14N2O6/c1-21-11(13(17)18)8-14-12(16)7-4-9-2-5-10(6-3-9)15(19)20/h2-7,11H,8H2,1H3,(H,14,16)(H,17,18)/b7-4+. The normalized spacial score (nSPS) is 12.0. The summed E-state index contributed by atoms with van der Waals surface area (Å²) in [5.41, 5.74) is 0.568. The molecule has 1 amide bonds. The Balaban J connectivity index is 2.54. The molecule has 21 heavy (non-hydrogen) atoms. The van der Waals surface area contributed by atoms with Gasteiger partial charge in [0.2, 0.25) is 5.91 Å². The molecule has 8 heteroatoms. The third kappa shape index (κ3) is 5.41. The molecular weight excluding hydrogens is 280 g/mol. The maximum Gasteiger partial charge on any atom is 0.334 e. The molecule has 8 nitrogen and oxygen atoms in total. The van der Waals surface area contributed by atoms with Crippen LogP contribution in [0.3, 0.4) is 0 Å². The average molecular weight is 294 g/mol. The van der Waals surface area contributed by atoms with Gasteiger partial charge in [0.1, 0.15) is 0 Å². The van der Waals surface area contributed by atoms with Gasteiger partial charge < -0.3 is 15.2 Å². The number of carbonyl (C=O) groups excluding carboxylic acids is 1. The molecule has 0 bridgehead atoms. The molecule has 1 aromatic rings. The number of nitro benzene ring substituents is 1. The van der Waals surface area contributed by atoms with Crippen molar-refractivity contribution in [3.63, 3.8) is 0 Å². The van der Waals surface area contributed by atoms with E-state index in [0.717, 1.165) is 0 Å². The first-order valence-electron chi connectivity index (χ1n) is 5.90. The second-order valence-corrected chi connectivity index (χ2v) is 3.99. The minimum atomic E-state index is -1.17. The SMILES string of the molecule is COC(CNC(=O)/C=C/c1ccc([N+](=O)[O-])cc1)C(=O)O. The molecule has 0 aliphatic rings. The van der Waals surface area contributed by atoms with Crippen molar-refractivity contribution in [3.8, 4) is 0 Å². The molecule has 2 N–H and O–H groups in total. The van der Waals surface area contributed by atoms with Crippen LogP contribution in [-0.2, 0) is 14.3 Å². The Kier molecular flexibility index (Phi) is 6.02. The summed E-state index contributed by atoms with van der Waals surface area (Å²) in [6, 6.07) is 5.64. The summed E-state index contributed by atoms with van der Waals surface area (Å²) in [5.74, 6) is -1.66. The molecule has 1 unspecified atom stereocenters. The van der Waals surface area contributed by atoms with Crippen molar-refractivity contribution in [2.45, 2.75) is 6.10 Å². The number of ether oxygens (including phenoxy) is 1. The van der Waals surface area contributed by atoms with E-state index in [1.807, 2.05) is 0 Å².